The third-order valence-corrected chi connectivity index (χ3v) is 5.07. The Labute approximate surface area is 157 Å². The second-order valence-corrected chi connectivity index (χ2v) is 7.06. The lowest BCUT2D eigenvalue weighted by Crippen LogP contribution is -2.12. The minimum atomic E-state index is -0.477. The molecular weight excluding hydrogens is 328 g/mol. The summed E-state index contributed by atoms with van der Waals surface area (Å²) in [6.07, 6.45) is 9.17. The van der Waals surface area contributed by atoms with Gasteiger partial charge in [-0.2, -0.15) is 0 Å². The standard InChI is InChI=1S/C22H32O4/c1-5-7-8-11-17-14-18(26-6-2)19(16-12-9-10-15(3)13-16)21(23)20(17)22(24)25-4/h13-14,16,23H,5-12H2,1-4H3. The number of carbonyl (C=O) groups is 1. The van der Waals surface area contributed by atoms with E-state index in [9.17, 15) is 9.90 Å². The molecule has 0 amide bonds. The molecule has 26 heavy (non-hydrogen) atoms. The van der Waals surface area contributed by atoms with Gasteiger partial charge in [0.1, 0.15) is 17.1 Å². The van der Waals surface area contributed by atoms with E-state index in [0.29, 0.717) is 17.9 Å². The van der Waals surface area contributed by atoms with Gasteiger partial charge in [0.25, 0.3) is 0 Å². The SMILES string of the molecule is CCCCCc1cc(OCC)c(C2C=C(C)CCC2)c(O)c1C(=O)OC. The highest BCUT2D eigenvalue weighted by Gasteiger charge is 2.28. The van der Waals surface area contributed by atoms with Gasteiger partial charge < -0.3 is 14.6 Å². The van der Waals surface area contributed by atoms with E-state index in [1.54, 1.807) is 0 Å². The van der Waals surface area contributed by atoms with E-state index in [4.69, 9.17) is 9.47 Å². The van der Waals surface area contributed by atoms with Crippen LogP contribution in [0.5, 0.6) is 11.5 Å². The molecule has 0 saturated carbocycles. The van der Waals surface area contributed by atoms with Crippen LogP contribution in [0.4, 0.5) is 0 Å². The summed E-state index contributed by atoms with van der Waals surface area (Å²) in [5.41, 5.74) is 3.16. The van der Waals surface area contributed by atoms with Crippen molar-refractivity contribution >= 4 is 5.97 Å². The Morgan fingerprint density at radius 1 is 1.31 bits per heavy atom. The molecule has 1 aliphatic rings. The van der Waals surface area contributed by atoms with Crippen LogP contribution in [-0.2, 0) is 11.2 Å². The Bertz CT molecular complexity index is 661. The maximum Gasteiger partial charge on any atom is 0.341 e. The fourth-order valence-corrected chi connectivity index (χ4v) is 3.78. The number of benzene rings is 1. The minimum Gasteiger partial charge on any atom is -0.507 e. The Kier molecular flexibility index (Phi) is 7.55. The third kappa shape index (κ3) is 4.60. The van der Waals surface area contributed by atoms with Crippen LogP contribution in [0.1, 0.15) is 86.7 Å². The fraction of sp³-hybridized carbons (Fsp3) is 0.591. The molecule has 4 heteroatoms. The zero-order valence-corrected chi connectivity index (χ0v) is 16.6. The van der Waals surface area contributed by atoms with Gasteiger partial charge in [0.05, 0.1) is 13.7 Å². The minimum absolute atomic E-state index is 0.0326. The number of aromatic hydroxyl groups is 1. The number of ether oxygens (including phenoxy) is 2. The van der Waals surface area contributed by atoms with E-state index < -0.39 is 5.97 Å². The summed E-state index contributed by atoms with van der Waals surface area (Å²) in [7, 11) is 1.36. The van der Waals surface area contributed by atoms with E-state index in [2.05, 4.69) is 19.9 Å². The highest BCUT2D eigenvalue weighted by Crippen LogP contribution is 2.44. The van der Waals surface area contributed by atoms with Gasteiger partial charge in [-0.1, -0.05) is 31.4 Å². The van der Waals surface area contributed by atoms with Crippen molar-refractivity contribution in [1.82, 2.24) is 0 Å². The van der Waals surface area contributed by atoms with E-state index in [-0.39, 0.29) is 11.7 Å². The van der Waals surface area contributed by atoms with Crippen molar-refractivity contribution in [3.63, 3.8) is 0 Å². The van der Waals surface area contributed by atoms with Crippen molar-refractivity contribution in [1.29, 1.82) is 0 Å². The number of hydrogen-bond acceptors (Lipinski definition) is 4. The number of phenolic OH excluding ortho intramolecular Hbond substituents is 1. The van der Waals surface area contributed by atoms with E-state index in [1.807, 2.05) is 13.0 Å². The first-order chi connectivity index (χ1) is 12.5. The second-order valence-electron chi connectivity index (χ2n) is 7.06. The molecule has 0 aliphatic heterocycles. The number of allylic oxidation sites excluding steroid dienone is 2. The normalized spacial score (nSPS) is 16.9. The summed E-state index contributed by atoms with van der Waals surface area (Å²) >= 11 is 0. The first-order valence-electron chi connectivity index (χ1n) is 9.80. The van der Waals surface area contributed by atoms with E-state index >= 15 is 0 Å². The number of hydrogen-bond donors (Lipinski definition) is 1. The van der Waals surface area contributed by atoms with E-state index in [0.717, 1.165) is 56.1 Å². The van der Waals surface area contributed by atoms with Crippen molar-refractivity contribution < 1.29 is 19.4 Å². The molecule has 1 aromatic rings. The van der Waals surface area contributed by atoms with Gasteiger partial charge in [0, 0.05) is 11.5 Å². The van der Waals surface area contributed by atoms with Crippen molar-refractivity contribution in [2.75, 3.05) is 13.7 Å². The topological polar surface area (TPSA) is 55.8 Å². The maximum atomic E-state index is 12.4. The van der Waals surface area contributed by atoms with Crippen molar-refractivity contribution in [3.05, 3.63) is 34.4 Å². The van der Waals surface area contributed by atoms with Gasteiger partial charge in [0.2, 0.25) is 0 Å². The van der Waals surface area contributed by atoms with Crippen LogP contribution < -0.4 is 4.74 Å². The number of rotatable bonds is 8. The lowest BCUT2D eigenvalue weighted by molar-refractivity contribution is 0.0595. The molecule has 1 unspecified atom stereocenters. The first-order valence-corrected chi connectivity index (χ1v) is 9.80. The summed E-state index contributed by atoms with van der Waals surface area (Å²) in [6, 6.07) is 1.94. The highest BCUT2D eigenvalue weighted by molar-refractivity contribution is 5.95. The average Bonchev–Trinajstić information content (AvgIpc) is 2.61. The van der Waals surface area contributed by atoms with Crippen molar-refractivity contribution in [2.24, 2.45) is 0 Å². The Morgan fingerprint density at radius 3 is 2.69 bits per heavy atom. The number of aryl methyl sites for hydroxylation is 1. The Balaban J connectivity index is 2.58. The molecule has 0 aromatic heterocycles. The maximum absolute atomic E-state index is 12.4. The van der Waals surface area contributed by atoms with Gasteiger partial charge in [0.15, 0.2) is 0 Å². The zero-order chi connectivity index (χ0) is 19.1. The van der Waals surface area contributed by atoms with Crippen LogP contribution in [0.25, 0.3) is 0 Å². The summed E-state index contributed by atoms with van der Waals surface area (Å²) in [6.45, 7) is 6.72. The number of carbonyl (C=O) groups excluding carboxylic acids is 1. The molecule has 4 nitrogen and oxygen atoms in total. The molecule has 1 N–H and O–H groups in total. The summed E-state index contributed by atoms with van der Waals surface area (Å²) in [5, 5.41) is 11.1. The molecule has 0 bridgehead atoms. The molecule has 1 aliphatic carbocycles. The second kappa shape index (κ2) is 9.65. The molecule has 1 atom stereocenters. The predicted octanol–water partition coefficient (Wildman–Crippen LogP) is 5.52. The molecule has 0 heterocycles. The van der Waals surface area contributed by atoms with Gasteiger partial charge >= 0.3 is 5.97 Å². The number of methoxy groups -OCH3 is 1. The molecular formula is C22H32O4. The summed E-state index contributed by atoms with van der Waals surface area (Å²) in [4.78, 5) is 12.4. The number of unbranched alkanes of at least 4 members (excludes halogenated alkanes) is 2. The van der Waals surface area contributed by atoms with Crippen LogP contribution in [0, 0.1) is 0 Å². The highest BCUT2D eigenvalue weighted by atomic mass is 16.5. The largest absolute Gasteiger partial charge is 0.507 e. The molecule has 0 spiro atoms. The van der Waals surface area contributed by atoms with Crippen LogP contribution in [0.15, 0.2) is 17.7 Å². The number of esters is 1. The monoisotopic (exact) mass is 360 g/mol. The summed E-state index contributed by atoms with van der Waals surface area (Å²) in [5.74, 6) is 0.318. The fourth-order valence-electron chi connectivity index (χ4n) is 3.78. The quantitative estimate of drug-likeness (QED) is 0.376. The zero-order valence-electron chi connectivity index (χ0n) is 16.6. The average molecular weight is 360 g/mol. The molecule has 0 fully saturated rings. The molecule has 0 radical (unpaired) electrons. The van der Waals surface area contributed by atoms with Gasteiger partial charge in [-0.25, -0.2) is 4.79 Å². The Hall–Kier alpha value is -1.97. The van der Waals surface area contributed by atoms with Gasteiger partial charge in [-0.3, -0.25) is 0 Å². The van der Waals surface area contributed by atoms with Gasteiger partial charge in [-0.05, 0) is 57.6 Å². The Morgan fingerprint density at radius 2 is 2.08 bits per heavy atom. The lowest BCUT2D eigenvalue weighted by atomic mass is 9.83. The molecule has 0 saturated heterocycles. The number of phenols is 1. The van der Waals surface area contributed by atoms with Crippen LogP contribution in [0.3, 0.4) is 0 Å². The van der Waals surface area contributed by atoms with Crippen LogP contribution in [-0.4, -0.2) is 24.8 Å². The van der Waals surface area contributed by atoms with Crippen molar-refractivity contribution in [2.45, 2.75) is 71.6 Å². The first kappa shape index (κ1) is 20.3. The summed E-state index contributed by atoms with van der Waals surface area (Å²) < 4.78 is 10.9. The lowest BCUT2D eigenvalue weighted by Gasteiger charge is -2.25. The molecule has 2 rings (SSSR count). The molecule has 144 valence electrons. The van der Waals surface area contributed by atoms with Gasteiger partial charge in [-0.15, -0.1) is 0 Å². The van der Waals surface area contributed by atoms with Crippen LogP contribution >= 0.6 is 0 Å². The van der Waals surface area contributed by atoms with Crippen LogP contribution in [0.2, 0.25) is 0 Å². The predicted molar refractivity (Wildman–Crippen MR) is 104 cm³/mol. The van der Waals surface area contributed by atoms with Crippen molar-refractivity contribution in [3.8, 4) is 11.5 Å². The smallest absolute Gasteiger partial charge is 0.341 e. The molecule has 1 aromatic carbocycles. The third-order valence-electron chi connectivity index (χ3n) is 5.07. The van der Waals surface area contributed by atoms with E-state index in [1.165, 1.54) is 12.7 Å².